The van der Waals surface area contributed by atoms with Crippen LogP contribution < -0.4 is 10.3 Å². The fourth-order valence-corrected chi connectivity index (χ4v) is 1.77. The van der Waals surface area contributed by atoms with Crippen molar-refractivity contribution in [3.05, 3.63) is 34.9 Å². The molecule has 0 fully saturated rings. The van der Waals surface area contributed by atoms with Crippen molar-refractivity contribution in [3.63, 3.8) is 0 Å². The van der Waals surface area contributed by atoms with Crippen LogP contribution in [0.25, 0.3) is 10.9 Å². The minimum Gasteiger partial charge on any atom is -0.497 e. The highest BCUT2D eigenvalue weighted by atomic mass is 16.5. The van der Waals surface area contributed by atoms with Gasteiger partial charge in [-0.3, -0.25) is 14.2 Å². The molecule has 1 heterocycles. The van der Waals surface area contributed by atoms with E-state index in [0.29, 0.717) is 16.7 Å². The highest BCUT2D eigenvalue weighted by Crippen LogP contribution is 2.17. The van der Waals surface area contributed by atoms with E-state index in [4.69, 9.17) is 4.74 Å². The van der Waals surface area contributed by atoms with Crippen molar-refractivity contribution in [1.82, 2.24) is 9.55 Å². The number of benzene rings is 1. The van der Waals surface area contributed by atoms with E-state index in [1.807, 2.05) is 20.8 Å². The molecule has 2 aromatic rings. The average molecular weight is 274 g/mol. The van der Waals surface area contributed by atoms with Crippen LogP contribution in [-0.2, 0) is 11.3 Å². The van der Waals surface area contributed by atoms with Crippen molar-refractivity contribution in [3.8, 4) is 5.75 Å². The van der Waals surface area contributed by atoms with Gasteiger partial charge in [-0.1, -0.05) is 20.8 Å². The third-order valence-corrected chi connectivity index (χ3v) is 3.18. The monoisotopic (exact) mass is 274 g/mol. The molecule has 0 aliphatic rings. The number of hydrogen-bond donors (Lipinski definition) is 0. The summed E-state index contributed by atoms with van der Waals surface area (Å²) in [6, 6.07) is 5.08. The minimum absolute atomic E-state index is 0.00531. The van der Waals surface area contributed by atoms with E-state index in [0.717, 1.165) is 0 Å². The summed E-state index contributed by atoms with van der Waals surface area (Å²) in [7, 11) is 1.56. The fourth-order valence-electron chi connectivity index (χ4n) is 1.77. The smallest absolute Gasteiger partial charge is 0.261 e. The van der Waals surface area contributed by atoms with Crippen LogP contribution in [0.5, 0.6) is 5.75 Å². The second kappa shape index (κ2) is 5.07. The number of rotatable bonds is 3. The number of carbonyl (C=O) groups is 1. The van der Waals surface area contributed by atoms with Gasteiger partial charge in [0.1, 0.15) is 5.75 Å². The van der Waals surface area contributed by atoms with Crippen LogP contribution in [0.1, 0.15) is 20.8 Å². The molecule has 0 amide bonds. The van der Waals surface area contributed by atoms with E-state index in [9.17, 15) is 9.59 Å². The predicted molar refractivity (Wildman–Crippen MR) is 77.0 cm³/mol. The minimum atomic E-state index is -0.478. The molecule has 0 aliphatic heterocycles. The molecule has 20 heavy (non-hydrogen) atoms. The lowest BCUT2D eigenvalue weighted by Crippen LogP contribution is -2.30. The number of nitrogens with zero attached hydrogens (tertiary/aromatic N) is 2. The molecule has 0 radical (unpaired) electrons. The van der Waals surface area contributed by atoms with Gasteiger partial charge in [0.15, 0.2) is 5.78 Å². The van der Waals surface area contributed by atoms with Crippen LogP contribution in [0.2, 0.25) is 0 Å². The number of methoxy groups -OCH3 is 1. The molecule has 106 valence electrons. The molecular weight excluding hydrogens is 256 g/mol. The Kier molecular flexibility index (Phi) is 3.61. The van der Waals surface area contributed by atoms with Crippen LogP contribution in [0, 0.1) is 5.41 Å². The van der Waals surface area contributed by atoms with E-state index in [-0.39, 0.29) is 17.9 Å². The third-order valence-electron chi connectivity index (χ3n) is 3.18. The van der Waals surface area contributed by atoms with Gasteiger partial charge in [0, 0.05) is 11.5 Å². The van der Waals surface area contributed by atoms with Crippen molar-refractivity contribution >= 4 is 16.7 Å². The van der Waals surface area contributed by atoms with Gasteiger partial charge in [0.25, 0.3) is 5.56 Å². The summed E-state index contributed by atoms with van der Waals surface area (Å²) in [5, 5.41) is 0.481. The standard InChI is InChI=1S/C15H18N2O3/c1-15(2,3)13(18)8-17-9-16-12-7-10(20-4)5-6-11(12)14(17)19/h5-7,9H,8H2,1-4H3. The Morgan fingerprint density at radius 3 is 2.65 bits per heavy atom. The van der Waals surface area contributed by atoms with Gasteiger partial charge >= 0.3 is 0 Å². The molecule has 0 aliphatic carbocycles. The first-order valence-corrected chi connectivity index (χ1v) is 6.39. The van der Waals surface area contributed by atoms with E-state index in [1.165, 1.54) is 10.9 Å². The lowest BCUT2D eigenvalue weighted by atomic mass is 9.91. The number of fused-ring (bicyclic) bond motifs is 1. The normalized spacial score (nSPS) is 11.6. The first kappa shape index (κ1) is 14.2. The maximum absolute atomic E-state index is 12.3. The molecule has 1 aromatic carbocycles. The molecule has 2 rings (SSSR count). The van der Waals surface area contributed by atoms with Gasteiger partial charge in [-0.2, -0.15) is 0 Å². The first-order chi connectivity index (χ1) is 9.32. The molecule has 0 atom stereocenters. The zero-order valence-electron chi connectivity index (χ0n) is 12.1. The Hall–Kier alpha value is -2.17. The molecule has 0 N–H and O–H groups in total. The van der Waals surface area contributed by atoms with E-state index < -0.39 is 5.41 Å². The number of ketones is 1. The van der Waals surface area contributed by atoms with Crippen LogP contribution in [0.4, 0.5) is 0 Å². The van der Waals surface area contributed by atoms with Gasteiger partial charge < -0.3 is 4.74 Å². The van der Waals surface area contributed by atoms with Gasteiger partial charge in [-0.15, -0.1) is 0 Å². The van der Waals surface area contributed by atoms with Crippen LogP contribution in [-0.4, -0.2) is 22.4 Å². The summed E-state index contributed by atoms with van der Waals surface area (Å²) in [5.74, 6) is 0.641. The lowest BCUT2D eigenvalue weighted by Gasteiger charge is -2.17. The highest BCUT2D eigenvalue weighted by Gasteiger charge is 2.22. The second-order valence-corrected chi connectivity index (χ2v) is 5.73. The highest BCUT2D eigenvalue weighted by molar-refractivity contribution is 5.84. The van der Waals surface area contributed by atoms with E-state index in [2.05, 4.69) is 4.98 Å². The van der Waals surface area contributed by atoms with Crippen molar-refractivity contribution < 1.29 is 9.53 Å². The molecule has 5 heteroatoms. The van der Waals surface area contributed by atoms with Crippen LogP contribution >= 0.6 is 0 Å². The van der Waals surface area contributed by atoms with Crippen molar-refractivity contribution in [2.75, 3.05) is 7.11 Å². The number of hydrogen-bond acceptors (Lipinski definition) is 4. The molecule has 0 bridgehead atoms. The quantitative estimate of drug-likeness (QED) is 0.859. The zero-order valence-corrected chi connectivity index (χ0v) is 12.1. The predicted octanol–water partition coefficient (Wildman–Crippen LogP) is 2.02. The molecule has 0 unspecified atom stereocenters. The summed E-state index contributed by atoms with van der Waals surface area (Å²) in [5.41, 5.74) is -0.127. The number of carbonyl (C=O) groups excluding carboxylic acids is 1. The largest absolute Gasteiger partial charge is 0.497 e. The molecule has 0 saturated heterocycles. The number of ether oxygens (including phenoxy) is 1. The molecule has 5 nitrogen and oxygen atoms in total. The zero-order chi connectivity index (χ0) is 14.9. The summed E-state index contributed by atoms with van der Waals surface area (Å²) in [6.07, 6.45) is 1.41. The van der Waals surface area contributed by atoms with Gasteiger partial charge in [-0.05, 0) is 12.1 Å². The lowest BCUT2D eigenvalue weighted by molar-refractivity contribution is -0.126. The average Bonchev–Trinajstić information content (AvgIpc) is 2.40. The van der Waals surface area contributed by atoms with E-state index >= 15 is 0 Å². The first-order valence-electron chi connectivity index (χ1n) is 6.39. The Balaban J connectivity index is 2.45. The van der Waals surface area contributed by atoms with Crippen molar-refractivity contribution in [2.45, 2.75) is 27.3 Å². The number of aromatic nitrogens is 2. The molecule has 1 aromatic heterocycles. The maximum Gasteiger partial charge on any atom is 0.261 e. The fraction of sp³-hybridized carbons (Fsp3) is 0.400. The summed E-state index contributed by atoms with van der Waals surface area (Å²) in [6.45, 7) is 5.54. The summed E-state index contributed by atoms with van der Waals surface area (Å²) >= 11 is 0. The van der Waals surface area contributed by atoms with E-state index in [1.54, 1.807) is 25.3 Å². The Morgan fingerprint density at radius 2 is 2.05 bits per heavy atom. The molecule has 0 saturated carbocycles. The van der Waals surface area contributed by atoms with Crippen molar-refractivity contribution in [2.24, 2.45) is 5.41 Å². The summed E-state index contributed by atoms with van der Waals surface area (Å²) < 4.78 is 6.45. The van der Waals surface area contributed by atoms with Crippen molar-refractivity contribution in [1.29, 1.82) is 0 Å². The van der Waals surface area contributed by atoms with Gasteiger partial charge in [0.05, 0.1) is 30.9 Å². The molecular formula is C15H18N2O3. The Bertz CT molecular complexity index is 711. The maximum atomic E-state index is 12.3. The number of Topliss-reactive ketones (excluding diaryl/α,β-unsaturated/α-hetero) is 1. The topological polar surface area (TPSA) is 61.2 Å². The molecule has 0 spiro atoms. The second-order valence-electron chi connectivity index (χ2n) is 5.73. The SMILES string of the molecule is COc1ccc2c(=O)n(CC(=O)C(C)(C)C)cnc2c1. The third kappa shape index (κ3) is 2.71. The van der Waals surface area contributed by atoms with Gasteiger partial charge in [0.2, 0.25) is 0 Å². The summed E-state index contributed by atoms with van der Waals surface area (Å²) in [4.78, 5) is 28.6. The van der Waals surface area contributed by atoms with Crippen LogP contribution in [0.15, 0.2) is 29.3 Å². The Morgan fingerprint density at radius 1 is 1.35 bits per heavy atom. The van der Waals surface area contributed by atoms with Crippen LogP contribution in [0.3, 0.4) is 0 Å². The van der Waals surface area contributed by atoms with Gasteiger partial charge in [-0.25, -0.2) is 4.98 Å². The Labute approximate surface area is 117 Å².